The zero-order chi connectivity index (χ0) is 22.0. The van der Waals surface area contributed by atoms with E-state index < -0.39 is 11.9 Å². The monoisotopic (exact) mass is 440 g/mol. The van der Waals surface area contributed by atoms with Crippen LogP contribution < -0.4 is 14.4 Å². The molecular weight excluding hydrogens is 423 g/mol. The van der Waals surface area contributed by atoms with Gasteiger partial charge in [0.05, 0.1) is 5.69 Å². The lowest BCUT2D eigenvalue weighted by Crippen LogP contribution is -2.38. The van der Waals surface area contributed by atoms with Crippen LogP contribution in [0.25, 0.3) is 11.1 Å². The van der Waals surface area contributed by atoms with E-state index in [9.17, 15) is 9.18 Å². The number of fused-ring (bicyclic) bond motifs is 1. The van der Waals surface area contributed by atoms with Crippen molar-refractivity contribution in [2.24, 2.45) is 0 Å². The van der Waals surface area contributed by atoms with Gasteiger partial charge in [0.25, 0.3) is 5.91 Å². The summed E-state index contributed by atoms with van der Waals surface area (Å²) in [4.78, 5) is 18.1. The lowest BCUT2D eigenvalue weighted by Gasteiger charge is -2.22. The Kier molecular flexibility index (Phi) is 5.77. The maximum absolute atomic E-state index is 13.9. The van der Waals surface area contributed by atoms with Crippen LogP contribution >= 0.6 is 11.6 Å². The molecule has 6 nitrogen and oxygen atoms in total. The van der Waals surface area contributed by atoms with E-state index in [1.807, 2.05) is 0 Å². The third-order valence-electron chi connectivity index (χ3n) is 4.56. The fourth-order valence-corrected chi connectivity index (χ4v) is 3.14. The summed E-state index contributed by atoms with van der Waals surface area (Å²) in [6.45, 7) is 1.60. The maximum atomic E-state index is 13.9. The SMILES string of the molecule is CC(Oc1ccc(Oc2nc3ccc(Cl)cc3o2)cc1)C(=O)N(C)c1ccccc1F. The van der Waals surface area contributed by atoms with E-state index in [1.165, 1.54) is 24.1 Å². The van der Waals surface area contributed by atoms with Gasteiger partial charge in [0.15, 0.2) is 11.7 Å². The molecule has 31 heavy (non-hydrogen) atoms. The van der Waals surface area contributed by atoms with Crippen LogP contribution in [0.4, 0.5) is 10.1 Å². The number of anilines is 1. The molecule has 1 atom stereocenters. The first-order chi connectivity index (χ1) is 14.9. The van der Waals surface area contributed by atoms with E-state index in [-0.39, 0.29) is 17.7 Å². The summed E-state index contributed by atoms with van der Waals surface area (Å²) in [6, 6.07) is 17.8. The van der Waals surface area contributed by atoms with Gasteiger partial charge in [0.2, 0.25) is 0 Å². The Balaban J connectivity index is 1.40. The Hall–Kier alpha value is -3.58. The number of hydrogen-bond donors (Lipinski definition) is 0. The van der Waals surface area contributed by atoms with Gasteiger partial charge in [0.1, 0.15) is 22.8 Å². The van der Waals surface area contributed by atoms with Crippen molar-refractivity contribution in [2.45, 2.75) is 13.0 Å². The molecule has 3 aromatic carbocycles. The van der Waals surface area contributed by atoms with Gasteiger partial charge < -0.3 is 18.8 Å². The van der Waals surface area contributed by atoms with E-state index in [0.29, 0.717) is 27.6 Å². The summed E-state index contributed by atoms with van der Waals surface area (Å²) in [5.74, 6) is 0.0796. The Bertz CT molecular complexity index is 1230. The Morgan fingerprint density at radius 2 is 1.81 bits per heavy atom. The number of benzene rings is 3. The molecule has 0 fully saturated rings. The zero-order valence-electron chi connectivity index (χ0n) is 16.7. The number of hydrogen-bond acceptors (Lipinski definition) is 5. The van der Waals surface area contributed by atoms with Crippen LogP contribution in [-0.4, -0.2) is 24.0 Å². The van der Waals surface area contributed by atoms with Crippen molar-refractivity contribution >= 4 is 34.3 Å². The van der Waals surface area contributed by atoms with Crippen molar-refractivity contribution in [1.82, 2.24) is 4.98 Å². The molecule has 0 saturated carbocycles. The molecule has 0 aliphatic rings. The third-order valence-corrected chi connectivity index (χ3v) is 4.80. The van der Waals surface area contributed by atoms with E-state index in [2.05, 4.69) is 4.98 Å². The largest absolute Gasteiger partial charge is 0.481 e. The van der Waals surface area contributed by atoms with Crippen LogP contribution in [0.2, 0.25) is 5.02 Å². The Labute approximate surface area is 182 Å². The van der Waals surface area contributed by atoms with Crippen molar-refractivity contribution < 1.29 is 23.1 Å². The van der Waals surface area contributed by atoms with Crippen LogP contribution in [0, 0.1) is 5.82 Å². The predicted octanol–water partition coefficient (Wildman–Crippen LogP) is 5.84. The van der Waals surface area contributed by atoms with E-state index in [0.717, 1.165) is 0 Å². The van der Waals surface area contributed by atoms with E-state index in [1.54, 1.807) is 61.5 Å². The molecule has 8 heteroatoms. The number of carbonyl (C=O) groups excluding carboxylic acids is 1. The number of para-hydroxylation sites is 1. The van der Waals surface area contributed by atoms with Crippen LogP contribution in [0.15, 0.2) is 71.1 Å². The molecule has 0 radical (unpaired) electrons. The normalized spacial score (nSPS) is 11.9. The van der Waals surface area contributed by atoms with Crippen LogP contribution in [0.5, 0.6) is 17.6 Å². The van der Waals surface area contributed by atoms with Crippen LogP contribution in [0.1, 0.15) is 6.92 Å². The second-order valence-electron chi connectivity index (χ2n) is 6.77. The summed E-state index contributed by atoms with van der Waals surface area (Å²) in [5, 5.41) is 0.543. The summed E-state index contributed by atoms with van der Waals surface area (Å²) < 4.78 is 30.8. The molecule has 0 aliphatic heterocycles. The summed E-state index contributed by atoms with van der Waals surface area (Å²) in [7, 11) is 1.51. The summed E-state index contributed by atoms with van der Waals surface area (Å²) in [5.41, 5.74) is 1.34. The van der Waals surface area contributed by atoms with Crippen LogP contribution in [-0.2, 0) is 4.79 Å². The first-order valence-electron chi connectivity index (χ1n) is 9.43. The quantitative estimate of drug-likeness (QED) is 0.376. The number of nitrogens with zero attached hydrogens (tertiary/aromatic N) is 2. The van der Waals surface area contributed by atoms with Crippen molar-refractivity contribution in [3.63, 3.8) is 0 Å². The first-order valence-corrected chi connectivity index (χ1v) is 9.81. The topological polar surface area (TPSA) is 64.8 Å². The van der Waals surface area contributed by atoms with Crippen molar-refractivity contribution in [1.29, 1.82) is 0 Å². The lowest BCUT2D eigenvalue weighted by molar-refractivity contribution is -0.124. The van der Waals surface area contributed by atoms with Gasteiger partial charge in [-0.15, -0.1) is 0 Å². The lowest BCUT2D eigenvalue weighted by atomic mass is 10.2. The second kappa shape index (κ2) is 8.65. The maximum Gasteiger partial charge on any atom is 0.400 e. The van der Waals surface area contributed by atoms with Gasteiger partial charge in [0, 0.05) is 18.1 Å². The van der Waals surface area contributed by atoms with Gasteiger partial charge >= 0.3 is 6.08 Å². The molecular formula is C23H18ClFN2O4. The van der Waals surface area contributed by atoms with Gasteiger partial charge in [-0.1, -0.05) is 23.7 Å². The molecule has 1 amide bonds. The van der Waals surface area contributed by atoms with Crippen molar-refractivity contribution in [3.05, 3.63) is 77.6 Å². The molecule has 0 saturated heterocycles. The number of amides is 1. The smallest absolute Gasteiger partial charge is 0.400 e. The second-order valence-corrected chi connectivity index (χ2v) is 7.21. The molecule has 0 N–H and O–H groups in total. The molecule has 1 aromatic heterocycles. The van der Waals surface area contributed by atoms with Crippen molar-refractivity contribution in [3.8, 4) is 17.6 Å². The minimum Gasteiger partial charge on any atom is -0.481 e. The van der Waals surface area contributed by atoms with Gasteiger partial charge in [-0.3, -0.25) is 4.79 Å². The molecule has 0 aliphatic carbocycles. The Morgan fingerprint density at radius 1 is 1.10 bits per heavy atom. The zero-order valence-corrected chi connectivity index (χ0v) is 17.5. The third kappa shape index (κ3) is 4.62. The van der Waals surface area contributed by atoms with Gasteiger partial charge in [-0.05, 0) is 55.5 Å². The molecule has 1 unspecified atom stereocenters. The predicted molar refractivity (Wildman–Crippen MR) is 115 cm³/mol. The van der Waals surface area contributed by atoms with Gasteiger partial charge in [-0.25, -0.2) is 4.39 Å². The number of likely N-dealkylation sites (N-methyl/N-ethyl adjacent to an activating group) is 1. The summed E-state index contributed by atoms with van der Waals surface area (Å²) in [6.07, 6.45) is -0.737. The fourth-order valence-electron chi connectivity index (χ4n) is 2.98. The van der Waals surface area contributed by atoms with E-state index in [4.69, 9.17) is 25.5 Å². The minimum absolute atomic E-state index is 0.0843. The molecule has 0 bridgehead atoms. The number of oxazole rings is 1. The first kappa shape index (κ1) is 20.7. The van der Waals surface area contributed by atoms with Crippen LogP contribution in [0.3, 0.4) is 0 Å². The fraction of sp³-hybridized carbons (Fsp3) is 0.130. The summed E-state index contributed by atoms with van der Waals surface area (Å²) >= 11 is 5.94. The number of aromatic nitrogens is 1. The molecule has 0 spiro atoms. The highest BCUT2D eigenvalue weighted by Crippen LogP contribution is 2.28. The molecule has 4 aromatic rings. The average Bonchev–Trinajstić information content (AvgIpc) is 3.15. The highest BCUT2D eigenvalue weighted by atomic mass is 35.5. The Morgan fingerprint density at radius 3 is 2.55 bits per heavy atom. The standard InChI is InChI=1S/C23H18ClFN2O4/c1-14(22(28)27(2)20-6-4-3-5-18(20)25)29-16-8-10-17(11-9-16)30-23-26-19-12-7-15(24)13-21(19)31-23/h3-14H,1-2H3. The molecule has 1 heterocycles. The highest BCUT2D eigenvalue weighted by Gasteiger charge is 2.22. The highest BCUT2D eigenvalue weighted by molar-refractivity contribution is 6.31. The average molecular weight is 441 g/mol. The van der Waals surface area contributed by atoms with Crippen molar-refractivity contribution in [2.75, 3.05) is 11.9 Å². The number of halogens is 2. The number of ether oxygens (including phenoxy) is 2. The van der Waals surface area contributed by atoms with Gasteiger partial charge in [-0.2, -0.15) is 4.98 Å². The molecule has 158 valence electrons. The number of rotatable bonds is 6. The minimum atomic E-state index is -0.821. The molecule has 4 rings (SSSR count). The van der Waals surface area contributed by atoms with E-state index >= 15 is 0 Å². The number of carbonyl (C=O) groups is 1.